The Balaban J connectivity index is 1.69. The molecule has 0 saturated carbocycles. The number of hydrogen-bond acceptors (Lipinski definition) is 2. The highest BCUT2D eigenvalue weighted by molar-refractivity contribution is 5.80. The molecule has 2 rings (SSSR count). The van der Waals surface area contributed by atoms with Crippen LogP contribution in [0.15, 0.2) is 35.3 Å². The fraction of sp³-hybridized carbons (Fsp3) is 0.632. The second-order valence-corrected chi connectivity index (χ2v) is 6.17. The first-order valence-electron chi connectivity index (χ1n) is 8.90. The van der Waals surface area contributed by atoms with Crippen LogP contribution < -0.4 is 5.32 Å². The number of ether oxygens (including phenoxy) is 1. The van der Waals surface area contributed by atoms with E-state index in [4.69, 9.17) is 4.74 Å². The van der Waals surface area contributed by atoms with Gasteiger partial charge in [0.1, 0.15) is 0 Å². The first-order chi connectivity index (χ1) is 11.3. The molecule has 1 N–H and O–H groups in total. The summed E-state index contributed by atoms with van der Waals surface area (Å²) in [4.78, 5) is 6.84. The largest absolute Gasteiger partial charge is 0.382 e. The average Bonchev–Trinajstić information content (AvgIpc) is 3.03. The summed E-state index contributed by atoms with van der Waals surface area (Å²) >= 11 is 0. The Hall–Kier alpha value is -1.55. The van der Waals surface area contributed by atoms with Crippen molar-refractivity contribution in [1.82, 2.24) is 10.2 Å². The lowest BCUT2D eigenvalue weighted by molar-refractivity contribution is 0.143. The summed E-state index contributed by atoms with van der Waals surface area (Å²) in [7, 11) is 1.88. The van der Waals surface area contributed by atoms with Crippen molar-refractivity contribution in [2.75, 3.05) is 39.9 Å². The van der Waals surface area contributed by atoms with E-state index in [2.05, 4.69) is 45.5 Å². The first-order valence-corrected chi connectivity index (χ1v) is 8.90. The van der Waals surface area contributed by atoms with Gasteiger partial charge in [-0.05, 0) is 44.1 Å². The minimum atomic E-state index is 0.730. The Morgan fingerprint density at radius 1 is 1.30 bits per heavy atom. The van der Waals surface area contributed by atoms with Crippen LogP contribution in [0.2, 0.25) is 0 Å². The van der Waals surface area contributed by atoms with Crippen LogP contribution in [-0.2, 0) is 11.2 Å². The zero-order valence-corrected chi connectivity index (χ0v) is 14.6. The van der Waals surface area contributed by atoms with Gasteiger partial charge < -0.3 is 15.0 Å². The number of nitrogens with zero attached hydrogens (tertiary/aromatic N) is 2. The monoisotopic (exact) mass is 317 g/mol. The van der Waals surface area contributed by atoms with Gasteiger partial charge in [-0.2, -0.15) is 0 Å². The number of nitrogens with one attached hydrogen (secondary N) is 1. The predicted molar refractivity (Wildman–Crippen MR) is 96.9 cm³/mol. The fourth-order valence-corrected chi connectivity index (χ4v) is 3.15. The van der Waals surface area contributed by atoms with E-state index in [0.717, 1.165) is 57.6 Å². The van der Waals surface area contributed by atoms with E-state index in [1.165, 1.54) is 18.4 Å². The molecule has 0 radical (unpaired) electrons. The number of aliphatic imine (C=N–C) groups is 1. The predicted octanol–water partition coefficient (Wildman–Crippen LogP) is 2.94. The number of likely N-dealkylation sites (tertiary alicyclic amines) is 1. The van der Waals surface area contributed by atoms with Crippen molar-refractivity contribution >= 4 is 5.96 Å². The quantitative estimate of drug-likeness (QED) is 0.455. The molecular weight excluding hydrogens is 286 g/mol. The lowest BCUT2D eigenvalue weighted by atomic mass is 9.99. The molecule has 1 saturated heterocycles. The van der Waals surface area contributed by atoms with Crippen LogP contribution in [0.3, 0.4) is 0 Å². The first kappa shape index (κ1) is 17.8. The van der Waals surface area contributed by atoms with Crippen LogP contribution in [0.4, 0.5) is 0 Å². The molecule has 1 aliphatic rings. The normalized spacial score (nSPS) is 18.4. The molecule has 1 aliphatic heterocycles. The molecule has 1 aromatic carbocycles. The maximum Gasteiger partial charge on any atom is 0.193 e. The van der Waals surface area contributed by atoms with Gasteiger partial charge in [-0.25, -0.2) is 0 Å². The van der Waals surface area contributed by atoms with Crippen molar-refractivity contribution in [3.63, 3.8) is 0 Å². The molecular formula is C19H31N3O. The fourth-order valence-electron chi connectivity index (χ4n) is 3.15. The summed E-state index contributed by atoms with van der Waals surface area (Å²) in [6.45, 7) is 6.90. The average molecular weight is 317 g/mol. The van der Waals surface area contributed by atoms with Crippen molar-refractivity contribution in [3.05, 3.63) is 35.9 Å². The molecule has 0 amide bonds. The van der Waals surface area contributed by atoms with Crippen molar-refractivity contribution in [1.29, 1.82) is 0 Å². The van der Waals surface area contributed by atoms with E-state index in [0.29, 0.717) is 0 Å². The van der Waals surface area contributed by atoms with Gasteiger partial charge in [0, 0.05) is 39.9 Å². The van der Waals surface area contributed by atoms with Crippen molar-refractivity contribution < 1.29 is 4.74 Å². The Kier molecular flexibility index (Phi) is 7.95. The lowest BCUT2D eigenvalue weighted by Gasteiger charge is -2.21. The second kappa shape index (κ2) is 10.3. The molecule has 1 fully saturated rings. The molecule has 1 aromatic rings. The van der Waals surface area contributed by atoms with Crippen LogP contribution in [0.1, 0.15) is 31.7 Å². The molecule has 1 heterocycles. The highest BCUT2D eigenvalue weighted by atomic mass is 16.5. The lowest BCUT2D eigenvalue weighted by Crippen LogP contribution is -2.40. The van der Waals surface area contributed by atoms with E-state index in [1.807, 2.05) is 14.0 Å². The van der Waals surface area contributed by atoms with Gasteiger partial charge >= 0.3 is 0 Å². The number of unbranched alkanes of at least 4 members (excludes halogenated alkanes) is 1. The van der Waals surface area contributed by atoms with E-state index in [-0.39, 0.29) is 0 Å². The zero-order valence-electron chi connectivity index (χ0n) is 14.6. The molecule has 4 heteroatoms. The van der Waals surface area contributed by atoms with Gasteiger partial charge in [0.05, 0.1) is 0 Å². The van der Waals surface area contributed by atoms with Crippen molar-refractivity contribution in [2.45, 2.75) is 32.6 Å². The van der Waals surface area contributed by atoms with Gasteiger partial charge in [0.15, 0.2) is 5.96 Å². The summed E-state index contributed by atoms with van der Waals surface area (Å²) in [5.74, 6) is 1.78. The zero-order chi connectivity index (χ0) is 16.3. The minimum absolute atomic E-state index is 0.730. The standard InChI is InChI=1S/C19H31N3O/c1-3-23-14-8-7-12-21-19(20-2)22-13-11-18(16-22)15-17-9-5-4-6-10-17/h4-6,9-10,18H,3,7-8,11-16H2,1-2H3,(H,20,21). The number of hydrogen-bond donors (Lipinski definition) is 1. The maximum atomic E-state index is 5.37. The topological polar surface area (TPSA) is 36.9 Å². The van der Waals surface area contributed by atoms with Crippen LogP contribution in [0.25, 0.3) is 0 Å². The molecule has 1 atom stereocenters. The summed E-state index contributed by atoms with van der Waals surface area (Å²) < 4.78 is 5.37. The third-order valence-electron chi connectivity index (χ3n) is 4.37. The van der Waals surface area contributed by atoms with Gasteiger partial charge in [0.2, 0.25) is 0 Å². The molecule has 1 unspecified atom stereocenters. The minimum Gasteiger partial charge on any atom is -0.382 e. The molecule has 0 aromatic heterocycles. The van der Waals surface area contributed by atoms with Crippen LogP contribution in [-0.4, -0.2) is 50.8 Å². The third kappa shape index (κ3) is 6.22. The Morgan fingerprint density at radius 3 is 2.87 bits per heavy atom. The van der Waals surface area contributed by atoms with Crippen LogP contribution in [0, 0.1) is 5.92 Å². The summed E-state index contributed by atoms with van der Waals surface area (Å²) in [5, 5.41) is 3.49. The Labute approximate surface area is 140 Å². The molecule has 0 spiro atoms. The molecule has 4 nitrogen and oxygen atoms in total. The summed E-state index contributed by atoms with van der Waals surface area (Å²) in [6, 6.07) is 10.8. The Bertz CT molecular complexity index is 461. The SMILES string of the molecule is CCOCCCCNC(=NC)N1CCC(Cc2ccccc2)C1. The molecule has 128 valence electrons. The van der Waals surface area contributed by atoms with E-state index >= 15 is 0 Å². The highest BCUT2D eigenvalue weighted by Gasteiger charge is 2.24. The summed E-state index contributed by atoms with van der Waals surface area (Å²) in [5.41, 5.74) is 1.44. The van der Waals surface area contributed by atoms with Crippen molar-refractivity contribution in [3.8, 4) is 0 Å². The number of rotatable bonds is 8. The van der Waals surface area contributed by atoms with Gasteiger partial charge in [-0.15, -0.1) is 0 Å². The van der Waals surface area contributed by atoms with Crippen LogP contribution >= 0.6 is 0 Å². The van der Waals surface area contributed by atoms with Gasteiger partial charge in [0.25, 0.3) is 0 Å². The van der Waals surface area contributed by atoms with Crippen molar-refractivity contribution in [2.24, 2.45) is 10.9 Å². The smallest absolute Gasteiger partial charge is 0.193 e. The van der Waals surface area contributed by atoms with E-state index < -0.39 is 0 Å². The number of benzene rings is 1. The molecule has 0 bridgehead atoms. The molecule has 0 aliphatic carbocycles. The Morgan fingerprint density at radius 2 is 2.13 bits per heavy atom. The summed E-state index contributed by atoms with van der Waals surface area (Å²) in [6.07, 6.45) is 4.65. The molecule has 23 heavy (non-hydrogen) atoms. The van der Waals surface area contributed by atoms with Crippen LogP contribution in [0.5, 0.6) is 0 Å². The van der Waals surface area contributed by atoms with E-state index in [9.17, 15) is 0 Å². The maximum absolute atomic E-state index is 5.37. The second-order valence-electron chi connectivity index (χ2n) is 6.17. The van der Waals surface area contributed by atoms with E-state index in [1.54, 1.807) is 0 Å². The van der Waals surface area contributed by atoms with Gasteiger partial charge in [-0.1, -0.05) is 30.3 Å². The highest BCUT2D eigenvalue weighted by Crippen LogP contribution is 2.20. The third-order valence-corrected chi connectivity index (χ3v) is 4.37. The van der Waals surface area contributed by atoms with Gasteiger partial charge in [-0.3, -0.25) is 4.99 Å². The number of guanidine groups is 1.